The number of hydrogen-bond acceptors (Lipinski definition) is 1. The van der Waals surface area contributed by atoms with E-state index in [0.29, 0.717) is 0 Å². The van der Waals surface area contributed by atoms with Crippen LogP contribution in [-0.2, 0) is 6.42 Å². The monoisotopic (exact) mass is 192 g/mol. The second kappa shape index (κ2) is 4.65. The van der Waals surface area contributed by atoms with E-state index < -0.39 is 0 Å². The summed E-state index contributed by atoms with van der Waals surface area (Å²) in [5.41, 5.74) is 2.18. The summed E-state index contributed by atoms with van der Waals surface area (Å²) in [5.74, 6) is 0. The van der Waals surface area contributed by atoms with Crippen molar-refractivity contribution in [1.82, 2.24) is 5.32 Å². The number of nitrogens with one attached hydrogen (secondary N) is 1. The number of benzene rings is 1. The minimum atomic E-state index is -0.103. The van der Waals surface area contributed by atoms with Crippen molar-refractivity contribution in [2.45, 2.75) is 13.3 Å². The van der Waals surface area contributed by atoms with Gasteiger partial charge < -0.3 is 5.32 Å². The van der Waals surface area contributed by atoms with E-state index in [1.807, 2.05) is 24.3 Å². The summed E-state index contributed by atoms with van der Waals surface area (Å²) in [5, 5.41) is 2.58. The standard InChI is InChI=1S/C11H16N2O/c1-4-9-5-7-10(8-6-9)13(3)11(14)12-2/h5-8H,4H2,1-3H3,(H,12,14). The van der Waals surface area contributed by atoms with Crippen LogP contribution in [0.1, 0.15) is 12.5 Å². The van der Waals surface area contributed by atoms with Crippen LogP contribution in [0.15, 0.2) is 24.3 Å². The molecule has 0 aliphatic heterocycles. The fourth-order valence-electron chi connectivity index (χ4n) is 1.24. The zero-order valence-corrected chi connectivity index (χ0v) is 8.87. The van der Waals surface area contributed by atoms with E-state index in [2.05, 4.69) is 12.2 Å². The van der Waals surface area contributed by atoms with Crippen LogP contribution in [0.25, 0.3) is 0 Å². The van der Waals surface area contributed by atoms with Gasteiger partial charge in [0, 0.05) is 19.8 Å². The van der Waals surface area contributed by atoms with Crippen molar-refractivity contribution < 1.29 is 4.79 Å². The Balaban J connectivity index is 2.81. The van der Waals surface area contributed by atoms with Gasteiger partial charge in [0.05, 0.1) is 0 Å². The highest BCUT2D eigenvalue weighted by atomic mass is 16.2. The number of nitrogens with zero attached hydrogens (tertiary/aromatic N) is 1. The molecule has 1 rings (SSSR count). The molecule has 0 spiro atoms. The molecule has 0 aromatic heterocycles. The summed E-state index contributed by atoms with van der Waals surface area (Å²) in [6, 6.07) is 7.88. The Bertz CT molecular complexity index is 306. The maximum Gasteiger partial charge on any atom is 0.321 e. The van der Waals surface area contributed by atoms with Crippen LogP contribution in [0, 0.1) is 0 Å². The molecule has 0 radical (unpaired) electrons. The molecule has 1 N–H and O–H groups in total. The van der Waals surface area contributed by atoms with Gasteiger partial charge in [-0.2, -0.15) is 0 Å². The van der Waals surface area contributed by atoms with Crippen LogP contribution in [0.3, 0.4) is 0 Å². The average molecular weight is 192 g/mol. The molecule has 0 bridgehead atoms. The Labute approximate surface area is 84.7 Å². The number of carbonyl (C=O) groups is 1. The zero-order chi connectivity index (χ0) is 10.6. The topological polar surface area (TPSA) is 32.3 Å². The first kappa shape index (κ1) is 10.6. The molecule has 0 heterocycles. The van der Waals surface area contributed by atoms with E-state index in [1.165, 1.54) is 5.56 Å². The minimum absolute atomic E-state index is 0.103. The first-order chi connectivity index (χ1) is 6.69. The third kappa shape index (κ3) is 2.25. The van der Waals surface area contributed by atoms with Crippen LogP contribution >= 0.6 is 0 Å². The second-order valence-electron chi connectivity index (χ2n) is 3.13. The Morgan fingerprint density at radius 3 is 2.36 bits per heavy atom. The second-order valence-corrected chi connectivity index (χ2v) is 3.13. The number of carbonyl (C=O) groups excluding carboxylic acids is 1. The molecule has 76 valence electrons. The van der Waals surface area contributed by atoms with Crippen molar-refractivity contribution in [3.63, 3.8) is 0 Å². The van der Waals surface area contributed by atoms with Crippen LogP contribution in [-0.4, -0.2) is 20.1 Å². The fourth-order valence-corrected chi connectivity index (χ4v) is 1.24. The average Bonchev–Trinajstić information content (AvgIpc) is 2.27. The summed E-state index contributed by atoms with van der Waals surface area (Å²) in [6.45, 7) is 2.11. The maximum atomic E-state index is 11.3. The van der Waals surface area contributed by atoms with Gasteiger partial charge in [0.15, 0.2) is 0 Å². The molecule has 0 aliphatic carbocycles. The Kier molecular flexibility index (Phi) is 3.51. The molecule has 1 aromatic rings. The van der Waals surface area contributed by atoms with Gasteiger partial charge in [-0.1, -0.05) is 19.1 Å². The Morgan fingerprint density at radius 1 is 1.36 bits per heavy atom. The molecule has 0 atom stereocenters. The van der Waals surface area contributed by atoms with Crippen molar-refractivity contribution >= 4 is 11.7 Å². The lowest BCUT2D eigenvalue weighted by atomic mass is 10.1. The molecule has 0 aliphatic rings. The first-order valence-corrected chi connectivity index (χ1v) is 4.73. The summed E-state index contributed by atoms with van der Waals surface area (Å²) >= 11 is 0. The van der Waals surface area contributed by atoms with Crippen molar-refractivity contribution in [3.8, 4) is 0 Å². The largest absolute Gasteiger partial charge is 0.341 e. The predicted molar refractivity (Wildman–Crippen MR) is 58.7 cm³/mol. The molecular weight excluding hydrogens is 176 g/mol. The SMILES string of the molecule is CCc1ccc(N(C)C(=O)NC)cc1. The quantitative estimate of drug-likeness (QED) is 0.764. The summed E-state index contributed by atoms with van der Waals surface area (Å²) < 4.78 is 0. The molecule has 3 nitrogen and oxygen atoms in total. The lowest BCUT2D eigenvalue weighted by molar-refractivity contribution is 0.249. The van der Waals surface area contributed by atoms with Gasteiger partial charge in [-0.25, -0.2) is 4.79 Å². The fraction of sp³-hybridized carbons (Fsp3) is 0.364. The van der Waals surface area contributed by atoms with Gasteiger partial charge in [-0.3, -0.25) is 4.90 Å². The van der Waals surface area contributed by atoms with E-state index in [-0.39, 0.29) is 6.03 Å². The number of urea groups is 1. The molecule has 14 heavy (non-hydrogen) atoms. The molecule has 0 fully saturated rings. The van der Waals surface area contributed by atoms with Crippen molar-refractivity contribution in [2.24, 2.45) is 0 Å². The highest BCUT2D eigenvalue weighted by Crippen LogP contribution is 2.13. The predicted octanol–water partition coefficient (Wildman–Crippen LogP) is 2.02. The first-order valence-electron chi connectivity index (χ1n) is 4.73. The molecule has 1 aromatic carbocycles. The van der Waals surface area contributed by atoms with Gasteiger partial charge in [-0.15, -0.1) is 0 Å². The Hall–Kier alpha value is -1.51. The third-order valence-electron chi connectivity index (χ3n) is 2.25. The molecular formula is C11H16N2O. The number of rotatable bonds is 2. The van der Waals surface area contributed by atoms with Crippen molar-refractivity contribution in [3.05, 3.63) is 29.8 Å². The van der Waals surface area contributed by atoms with Gasteiger partial charge >= 0.3 is 6.03 Å². The minimum Gasteiger partial charge on any atom is -0.341 e. The normalized spacial score (nSPS) is 9.64. The number of amides is 2. The zero-order valence-electron chi connectivity index (χ0n) is 8.87. The third-order valence-corrected chi connectivity index (χ3v) is 2.25. The summed E-state index contributed by atoms with van der Waals surface area (Å²) in [4.78, 5) is 12.9. The van der Waals surface area contributed by atoms with Crippen molar-refractivity contribution in [1.29, 1.82) is 0 Å². The van der Waals surface area contributed by atoms with Crippen LogP contribution in [0.5, 0.6) is 0 Å². The Morgan fingerprint density at radius 2 is 1.93 bits per heavy atom. The summed E-state index contributed by atoms with van der Waals surface area (Å²) in [6.07, 6.45) is 1.02. The lowest BCUT2D eigenvalue weighted by Crippen LogP contribution is -2.34. The number of aryl methyl sites for hydroxylation is 1. The number of anilines is 1. The lowest BCUT2D eigenvalue weighted by Gasteiger charge is -2.16. The van der Waals surface area contributed by atoms with Gasteiger partial charge in [0.25, 0.3) is 0 Å². The molecule has 0 unspecified atom stereocenters. The van der Waals surface area contributed by atoms with E-state index >= 15 is 0 Å². The molecule has 3 heteroatoms. The van der Waals surface area contributed by atoms with Gasteiger partial charge in [-0.05, 0) is 24.1 Å². The molecule has 0 saturated carbocycles. The van der Waals surface area contributed by atoms with Crippen LogP contribution < -0.4 is 10.2 Å². The van der Waals surface area contributed by atoms with E-state index in [1.54, 1.807) is 19.0 Å². The van der Waals surface area contributed by atoms with Crippen LogP contribution in [0.4, 0.5) is 10.5 Å². The summed E-state index contributed by atoms with van der Waals surface area (Å²) in [7, 11) is 3.37. The smallest absolute Gasteiger partial charge is 0.321 e. The highest BCUT2D eigenvalue weighted by Gasteiger charge is 2.07. The number of hydrogen-bond donors (Lipinski definition) is 1. The van der Waals surface area contributed by atoms with E-state index in [9.17, 15) is 4.79 Å². The van der Waals surface area contributed by atoms with Crippen LogP contribution in [0.2, 0.25) is 0 Å². The molecule has 2 amide bonds. The molecule has 0 saturated heterocycles. The van der Waals surface area contributed by atoms with E-state index in [4.69, 9.17) is 0 Å². The van der Waals surface area contributed by atoms with Gasteiger partial charge in [0.2, 0.25) is 0 Å². The maximum absolute atomic E-state index is 11.3. The van der Waals surface area contributed by atoms with Crippen molar-refractivity contribution in [2.75, 3.05) is 19.0 Å². The van der Waals surface area contributed by atoms with E-state index in [0.717, 1.165) is 12.1 Å². The van der Waals surface area contributed by atoms with Gasteiger partial charge in [0.1, 0.15) is 0 Å². The highest BCUT2D eigenvalue weighted by molar-refractivity contribution is 5.91.